The fraction of sp³-hybridized carbons (Fsp3) is 0.588. The number of nitrogens with zero attached hydrogens (tertiary/aromatic N) is 3. The number of nitrogens with two attached hydrogens (primary N) is 1. The van der Waals surface area contributed by atoms with Crippen LogP contribution in [-0.4, -0.2) is 75.3 Å². The van der Waals surface area contributed by atoms with E-state index < -0.39 is 0 Å². The van der Waals surface area contributed by atoms with Gasteiger partial charge >= 0.3 is 0 Å². The maximum Gasteiger partial charge on any atom is 0.193 e. The number of nitrogens with one attached hydrogen (secondary N) is 1. The summed E-state index contributed by atoms with van der Waals surface area (Å²) in [5.74, 6) is 1.95. The van der Waals surface area contributed by atoms with E-state index in [1.54, 1.807) is 0 Å². The van der Waals surface area contributed by atoms with Crippen LogP contribution in [0, 0.1) is 0 Å². The molecule has 7 heteroatoms. The van der Waals surface area contributed by atoms with E-state index in [1.807, 2.05) is 18.2 Å². The number of benzene rings is 1. The number of piperazine rings is 1. The highest BCUT2D eigenvalue weighted by atomic mass is 16.5. The van der Waals surface area contributed by atoms with Crippen molar-refractivity contribution in [1.82, 2.24) is 9.80 Å². The van der Waals surface area contributed by atoms with Crippen LogP contribution in [0.2, 0.25) is 0 Å². The van der Waals surface area contributed by atoms with Crippen molar-refractivity contribution in [2.45, 2.75) is 12.5 Å². The molecule has 0 radical (unpaired) electrons. The van der Waals surface area contributed by atoms with E-state index in [4.69, 9.17) is 15.2 Å². The number of ether oxygens (including phenoxy) is 2. The molecule has 132 valence electrons. The molecule has 1 saturated heterocycles. The fourth-order valence-electron chi connectivity index (χ4n) is 2.93. The number of hydrogen-bond donors (Lipinski definition) is 2. The Balaban J connectivity index is 1.59. The molecule has 1 fully saturated rings. The van der Waals surface area contributed by atoms with Crippen LogP contribution in [0.25, 0.3) is 0 Å². The highest BCUT2D eigenvalue weighted by molar-refractivity contribution is 5.92. The van der Waals surface area contributed by atoms with Gasteiger partial charge < -0.3 is 25.4 Å². The summed E-state index contributed by atoms with van der Waals surface area (Å²) in [6, 6.07) is 6.13. The van der Waals surface area contributed by atoms with E-state index in [9.17, 15) is 0 Å². The van der Waals surface area contributed by atoms with Crippen molar-refractivity contribution in [2.24, 2.45) is 10.7 Å². The van der Waals surface area contributed by atoms with Gasteiger partial charge in [0.05, 0.1) is 19.8 Å². The first-order chi connectivity index (χ1) is 11.6. The van der Waals surface area contributed by atoms with Crippen molar-refractivity contribution in [1.29, 1.82) is 0 Å². The molecular weight excluding hydrogens is 306 g/mol. The van der Waals surface area contributed by atoms with Crippen LogP contribution in [0.4, 0.5) is 5.69 Å². The quantitative estimate of drug-likeness (QED) is 0.630. The highest BCUT2D eigenvalue weighted by Gasteiger charge is 2.21. The zero-order valence-electron chi connectivity index (χ0n) is 14.5. The minimum atomic E-state index is 0.396. The Bertz CT molecular complexity index is 592. The molecule has 0 spiro atoms. The molecule has 0 saturated carbocycles. The Kier molecular flexibility index (Phi) is 5.42. The first-order valence-corrected chi connectivity index (χ1v) is 8.47. The minimum Gasteiger partial charge on any atom is -0.490 e. The molecule has 24 heavy (non-hydrogen) atoms. The van der Waals surface area contributed by atoms with Gasteiger partial charge in [0.25, 0.3) is 0 Å². The van der Waals surface area contributed by atoms with Crippen LogP contribution in [0.1, 0.15) is 6.42 Å². The monoisotopic (exact) mass is 333 g/mol. The van der Waals surface area contributed by atoms with Gasteiger partial charge in [0.1, 0.15) is 0 Å². The lowest BCUT2D eigenvalue weighted by Gasteiger charge is -2.36. The van der Waals surface area contributed by atoms with Gasteiger partial charge in [-0.2, -0.15) is 0 Å². The molecule has 7 nitrogen and oxygen atoms in total. The summed E-state index contributed by atoms with van der Waals surface area (Å²) < 4.78 is 11.3. The van der Waals surface area contributed by atoms with Gasteiger partial charge in [0, 0.05) is 43.9 Å². The van der Waals surface area contributed by atoms with Gasteiger partial charge in [0.15, 0.2) is 17.5 Å². The van der Waals surface area contributed by atoms with Gasteiger partial charge in [-0.05, 0) is 26.2 Å². The summed E-state index contributed by atoms with van der Waals surface area (Å²) in [4.78, 5) is 9.17. The first kappa shape index (κ1) is 16.9. The molecular formula is C17H27N5O2. The molecule has 2 aliphatic rings. The van der Waals surface area contributed by atoms with E-state index in [0.717, 1.165) is 43.2 Å². The van der Waals surface area contributed by atoms with E-state index in [2.05, 4.69) is 34.2 Å². The molecule has 2 aliphatic heterocycles. The molecule has 0 bridgehead atoms. The van der Waals surface area contributed by atoms with E-state index in [-0.39, 0.29) is 0 Å². The predicted octanol–water partition coefficient (Wildman–Crippen LogP) is 0.820. The van der Waals surface area contributed by atoms with Crippen LogP contribution in [0.15, 0.2) is 23.2 Å². The molecule has 3 rings (SSSR count). The van der Waals surface area contributed by atoms with Crippen LogP contribution in [0.3, 0.4) is 0 Å². The largest absolute Gasteiger partial charge is 0.490 e. The summed E-state index contributed by atoms with van der Waals surface area (Å²) in [5.41, 5.74) is 6.90. The second-order valence-electron chi connectivity index (χ2n) is 6.46. The first-order valence-electron chi connectivity index (χ1n) is 8.47. The molecule has 3 N–H and O–H groups in total. The lowest BCUT2D eigenvalue weighted by molar-refractivity contribution is 0.119. The summed E-state index contributed by atoms with van der Waals surface area (Å²) in [6.07, 6.45) is 0.893. The standard InChI is InChI=1S/C17H27N5O2/c1-21-6-7-22(2)14(12-21)11-19-17(18)20-13-4-5-15-16(10-13)24-9-3-8-23-15/h4-5,10,14H,3,6-9,11-12H2,1-2H3,(H3,18,19,20). The van der Waals surface area contributed by atoms with Crippen LogP contribution < -0.4 is 20.5 Å². The second kappa shape index (κ2) is 7.72. The Labute approximate surface area is 143 Å². The van der Waals surface area contributed by atoms with Gasteiger partial charge in [-0.3, -0.25) is 9.89 Å². The molecule has 0 amide bonds. The third-order valence-corrected chi connectivity index (χ3v) is 4.47. The van der Waals surface area contributed by atoms with Crippen LogP contribution in [-0.2, 0) is 0 Å². The zero-order chi connectivity index (χ0) is 16.9. The molecule has 1 atom stereocenters. The summed E-state index contributed by atoms with van der Waals surface area (Å²) >= 11 is 0. The summed E-state index contributed by atoms with van der Waals surface area (Å²) in [5, 5.41) is 3.14. The van der Waals surface area contributed by atoms with Crippen molar-refractivity contribution < 1.29 is 9.47 Å². The van der Waals surface area contributed by atoms with Gasteiger partial charge in [-0.15, -0.1) is 0 Å². The van der Waals surface area contributed by atoms with Crippen molar-refractivity contribution in [3.63, 3.8) is 0 Å². The SMILES string of the molecule is CN1CCN(C)C(CN=C(N)Nc2ccc3c(c2)OCCCO3)C1. The maximum atomic E-state index is 6.04. The van der Waals surface area contributed by atoms with E-state index >= 15 is 0 Å². The highest BCUT2D eigenvalue weighted by Crippen LogP contribution is 2.32. The Morgan fingerprint density at radius 3 is 2.88 bits per heavy atom. The van der Waals surface area contributed by atoms with Crippen molar-refractivity contribution in [3.8, 4) is 11.5 Å². The molecule has 1 aromatic carbocycles. The van der Waals surface area contributed by atoms with E-state index in [1.165, 1.54) is 0 Å². The summed E-state index contributed by atoms with van der Waals surface area (Å²) in [6.45, 7) is 5.21. The fourth-order valence-corrected chi connectivity index (χ4v) is 2.93. The number of anilines is 1. The molecule has 0 aliphatic carbocycles. The van der Waals surface area contributed by atoms with E-state index in [0.29, 0.717) is 31.8 Å². The average molecular weight is 333 g/mol. The van der Waals surface area contributed by atoms with Crippen molar-refractivity contribution in [3.05, 3.63) is 18.2 Å². The third-order valence-electron chi connectivity index (χ3n) is 4.47. The Hall–Kier alpha value is -1.99. The van der Waals surface area contributed by atoms with Crippen molar-refractivity contribution in [2.75, 3.05) is 58.8 Å². The predicted molar refractivity (Wildman–Crippen MR) is 96.1 cm³/mol. The molecule has 2 heterocycles. The van der Waals surface area contributed by atoms with Crippen LogP contribution in [0.5, 0.6) is 11.5 Å². The second-order valence-corrected chi connectivity index (χ2v) is 6.46. The number of hydrogen-bond acceptors (Lipinski definition) is 5. The molecule has 1 aromatic rings. The number of likely N-dealkylation sites (N-methyl/N-ethyl adjacent to an activating group) is 2. The van der Waals surface area contributed by atoms with Gasteiger partial charge in [-0.1, -0.05) is 0 Å². The van der Waals surface area contributed by atoms with Crippen molar-refractivity contribution >= 4 is 11.6 Å². The Morgan fingerprint density at radius 1 is 1.25 bits per heavy atom. The van der Waals surface area contributed by atoms with Crippen LogP contribution >= 0.6 is 0 Å². The number of fused-ring (bicyclic) bond motifs is 1. The number of rotatable bonds is 3. The third kappa shape index (κ3) is 4.30. The normalized spacial score (nSPS) is 22.9. The zero-order valence-corrected chi connectivity index (χ0v) is 14.5. The lowest BCUT2D eigenvalue weighted by atomic mass is 10.2. The minimum absolute atomic E-state index is 0.396. The summed E-state index contributed by atoms with van der Waals surface area (Å²) in [7, 11) is 4.28. The average Bonchev–Trinajstić information content (AvgIpc) is 2.80. The smallest absolute Gasteiger partial charge is 0.193 e. The topological polar surface area (TPSA) is 75.4 Å². The number of guanidine groups is 1. The lowest BCUT2D eigenvalue weighted by Crippen LogP contribution is -2.51. The number of aliphatic imine (C=N–C) groups is 1. The Morgan fingerprint density at radius 2 is 2.04 bits per heavy atom. The van der Waals surface area contributed by atoms with Gasteiger partial charge in [0.2, 0.25) is 0 Å². The molecule has 0 aromatic heterocycles. The molecule has 1 unspecified atom stereocenters. The van der Waals surface area contributed by atoms with Gasteiger partial charge in [-0.25, -0.2) is 0 Å². The maximum absolute atomic E-state index is 6.04.